The lowest BCUT2D eigenvalue weighted by Crippen LogP contribution is -2.28. The third-order valence-electron chi connectivity index (χ3n) is 4.37. The van der Waals surface area contributed by atoms with Crippen LogP contribution in [-0.4, -0.2) is 32.6 Å². The van der Waals surface area contributed by atoms with Crippen LogP contribution in [0.4, 0.5) is 15.8 Å². The predicted octanol–water partition coefficient (Wildman–Crippen LogP) is 3.49. The Morgan fingerprint density at radius 2 is 1.93 bits per heavy atom. The summed E-state index contributed by atoms with van der Waals surface area (Å²) in [6.45, 7) is 0.139. The van der Waals surface area contributed by atoms with Gasteiger partial charge in [0.25, 0.3) is 0 Å². The third kappa shape index (κ3) is 3.83. The van der Waals surface area contributed by atoms with E-state index in [9.17, 15) is 14.0 Å². The number of carbonyl (C=O) groups excluding carboxylic acids is 2. The summed E-state index contributed by atoms with van der Waals surface area (Å²) in [5, 5.41) is 2.88. The summed E-state index contributed by atoms with van der Waals surface area (Å²) in [5.74, 6) is -1.04. The first-order valence-electron chi connectivity index (χ1n) is 8.22. The summed E-state index contributed by atoms with van der Waals surface area (Å²) < 4.78 is 24.2. The zero-order valence-corrected chi connectivity index (χ0v) is 15.5. The fraction of sp³-hybridized carbons (Fsp3) is 0.263. The molecule has 1 aliphatic rings. The molecule has 0 aromatic heterocycles. The molecule has 3 rings (SSSR count). The van der Waals surface area contributed by atoms with Gasteiger partial charge in [-0.1, -0.05) is 23.7 Å². The molecule has 0 bridgehead atoms. The van der Waals surface area contributed by atoms with Crippen molar-refractivity contribution in [1.82, 2.24) is 0 Å². The first-order chi connectivity index (χ1) is 12.9. The molecule has 0 saturated carbocycles. The van der Waals surface area contributed by atoms with Crippen molar-refractivity contribution in [2.45, 2.75) is 6.42 Å². The number of hydrogen-bond acceptors (Lipinski definition) is 4. The SMILES string of the molecule is COc1cc(N2CC(C(=O)Nc3ccccc3F)CC2=O)c(OC)cc1Cl. The molecule has 1 unspecified atom stereocenters. The maximum atomic E-state index is 13.7. The van der Waals surface area contributed by atoms with E-state index < -0.39 is 17.6 Å². The molecule has 142 valence electrons. The number of amides is 2. The van der Waals surface area contributed by atoms with E-state index in [0.717, 1.165) is 0 Å². The molecular weight excluding hydrogens is 375 g/mol. The van der Waals surface area contributed by atoms with E-state index in [1.54, 1.807) is 18.2 Å². The fourth-order valence-electron chi connectivity index (χ4n) is 2.97. The molecule has 27 heavy (non-hydrogen) atoms. The number of benzene rings is 2. The number of ether oxygens (including phenoxy) is 2. The largest absolute Gasteiger partial charge is 0.495 e. The van der Waals surface area contributed by atoms with Gasteiger partial charge in [0.2, 0.25) is 11.8 Å². The van der Waals surface area contributed by atoms with Crippen LogP contribution in [0.15, 0.2) is 36.4 Å². The highest BCUT2D eigenvalue weighted by Crippen LogP contribution is 2.40. The molecule has 2 aromatic rings. The molecule has 0 radical (unpaired) electrons. The lowest BCUT2D eigenvalue weighted by Gasteiger charge is -2.21. The van der Waals surface area contributed by atoms with Gasteiger partial charge in [-0.15, -0.1) is 0 Å². The number of carbonyl (C=O) groups is 2. The Morgan fingerprint density at radius 1 is 1.22 bits per heavy atom. The fourth-order valence-corrected chi connectivity index (χ4v) is 3.20. The number of halogens is 2. The van der Waals surface area contributed by atoms with Gasteiger partial charge in [-0.3, -0.25) is 9.59 Å². The van der Waals surface area contributed by atoms with E-state index >= 15 is 0 Å². The summed E-state index contributed by atoms with van der Waals surface area (Å²) in [6, 6.07) is 9.02. The molecule has 2 amide bonds. The minimum absolute atomic E-state index is 0.00832. The van der Waals surface area contributed by atoms with Gasteiger partial charge in [-0.2, -0.15) is 0 Å². The minimum Gasteiger partial charge on any atom is -0.495 e. The molecule has 6 nitrogen and oxygen atoms in total. The standard InChI is InChI=1S/C19H18ClFN2O4/c1-26-16-9-15(17(27-2)8-12(16)20)23-10-11(7-18(23)24)19(25)22-14-6-4-3-5-13(14)21/h3-6,8-9,11H,7,10H2,1-2H3,(H,22,25). The van der Waals surface area contributed by atoms with Crippen molar-refractivity contribution in [3.8, 4) is 11.5 Å². The summed E-state index contributed by atoms with van der Waals surface area (Å²) >= 11 is 6.10. The van der Waals surface area contributed by atoms with Crippen LogP contribution in [-0.2, 0) is 9.59 Å². The highest BCUT2D eigenvalue weighted by Gasteiger charge is 2.37. The monoisotopic (exact) mass is 392 g/mol. The molecule has 1 saturated heterocycles. The van der Waals surface area contributed by atoms with Crippen LogP contribution in [0.25, 0.3) is 0 Å². The van der Waals surface area contributed by atoms with Crippen LogP contribution in [0.5, 0.6) is 11.5 Å². The van der Waals surface area contributed by atoms with E-state index in [1.165, 1.54) is 37.3 Å². The smallest absolute Gasteiger partial charge is 0.229 e. The van der Waals surface area contributed by atoms with Crippen LogP contribution in [0.2, 0.25) is 5.02 Å². The van der Waals surface area contributed by atoms with Gasteiger partial charge in [0.05, 0.1) is 36.5 Å². The number of methoxy groups -OCH3 is 2. The quantitative estimate of drug-likeness (QED) is 0.845. The van der Waals surface area contributed by atoms with Gasteiger partial charge in [-0.05, 0) is 12.1 Å². The molecule has 1 heterocycles. The van der Waals surface area contributed by atoms with E-state index in [-0.39, 0.29) is 24.6 Å². The Hall–Kier alpha value is -2.80. The maximum Gasteiger partial charge on any atom is 0.229 e. The van der Waals surface area contributed by atoms with Gasteiger partial charge in [-0.25, -0.2) is 4.39 Å². The van der Waals surface area contributed by atoms with E-state index in [0.29, 0.717) is 22.2 Å². The Balaban J connectivity index is 1.81. The maximum absolute atomic E-state index is 13.7. The first kappa shape index (κ1) is 19.0. The van der Waals surface area contributed by atoms with E-state index in [2.05, 4.69) is 5.32 Å². The summed E-state index contributed by atoms with van der Waals surface area (Å²) in [7, 11) is 2.93. The van der Waals surface area contributed by atoms with Crippen molar-refractivity contribution in [2.75, 3.05) is 31.0 Å². The molecule has 1 N–H and O–H groups in total. The second kappa shape index (κ2) is 7.84. The minimum atomic E-state index is -0.622. The number of rotatable bonds is 5. The second-order valence-electron chi connectivity index (χ2n) is 6.03. The molecular formula is C19H18ClFN2O4. The van der Waals surface area contributed by atoms with Crippen LogP contribution in [0.1, 0.15) is 6.42 Å². The highest BCUT2D eigenvalue weighted by atomic mass is 35.5. The van der Waals surface area contributed by atoms with Crippen LogP contribution < -0.4 is 19.7 Å². The molecule has 1 atom stereocenters. The van der Waals surface area contributed by atoms with Gasteiger partial charge in [0.15, 0.2) is 0 Å². The van der Waals surface area contributed by atoms with Crippen molar-refractivity contribution >= 4 is 34.8 Å². The van der Waals surface area contributed by atoms with E-state index in [4.69, 9.17) is 21.1 Å². The third-order valence-corrected chi connectivity index (χ3v) is 4.67. The molecule has 0 aliphatic carbocycles. The lowest BCUT2D eigenvalue weighted by atomic mass is 10.1. The average Bonchev–Trinajstić information content (AvgIpc) is 3.05. The van der Waals surface area contributed by atoms with Gasteiger partial charge < -0.3 is 19.7 Å². The Bertz CT molecular complexity index is 890. The van der Waals surface area contributed by atoms with Crippen molar-refractivity contribution < 1.29 is 23.5 Å². The normalized spacial score (nSPS) is 16.4. The lowest BCUT2D eigenvalue weighted by molar-refractivity contribution is -0.122. The van der Waals surface area contributed by atoms with Crippen molar-refractivity contribution in [1.29, 1.82) is 0 Å². The highest BCUT2D eigenvalue weighted by molar-refractivity contribution is 6.32. The van der Waals surface area contributed by atoms with E-state index in [1.807, 2.05) is 0 Å². The Morgan fingerprint density at radius 3 is 2.59 bits per heavy atom. The molecule has 8 heteroatoms. The summed E-state index contributed by atoms with van der Waals surface area (Å²) in [4.78, 5) is 26.4. The summed E-state index contributed by atoms with van der Waals surface area (Å²) in [5.41, 5.74) is 0.545. The van der Waals surface area contributed by atoms with Crippen LogP contribution in [0.3, 0.4) is 0 Å². The van der Waals surface area contributed by atoms with Crippen LogP contribution >= 0.6 is 11.6 Å². The molecule has 0 spiro atoms. The van der Waals surface area contributed by atoms with Gasteiger partial charge in [0.1, 0.15) is 17.3 Å². The Kier molecular flexibility index (Phi) is 5.51. The molecule has 2 aromatic carbocycles. The zero-order valence-electron chi connectivity index (χ0n) is 14.8. The Labute approximate surface area is 160 Å². The van der Waals surface area contributed by atoms with Gasteiger partial charge in [0, 0.05) is 25.1 Å². The molecule has 1 fully saturated rings. The number of hydrogen-bond donors (Lipinski definition) is 1. The average molecular weight is 393 g/mol. The number of para-hydroxylation sites is 1. The zero-order chi connectivity index (χ0) is 19.6. The number of nitrogens with zero attached hydrogens (tertiary/aromatic N) is 1. The first-order valence-corrected chi connectivity index (χ1v) is 8.59. The summed E-state index contributed by atoms with van der Waals surface area (Å²) in [6.07, 6.45) is 0.00832. The number of anilines is 2. The van der Waals surface area contributed by atoms with Crippen molar-refractivity contribution in [3.63, 3.8) is 0 Å². The topological polar surface area (TPSA) is 67.9 Å². The predicted molar refractivity (Wildman–Crippen MR) is 100 cm³/mol. The molecule has 1 aliphatic heterocycles. The van der Waals surface area contributed by atoms with Crippen molar-refractivity contribution in [3.05, 3.63) is 47.2 Å². The van der Waals surface area contributed by atoms with Gasteiger partial charge >= 0.3 is 0 Å². The number of nitrogens with one attached hydrogen (secondary N) is 1. The van der Waals surface area contributed by atoms with Crippen molar-refractivity contribution in [2.24, 2.45) is 5.92 Å². The van der Waals surface area contributed by atoms with Crippen LogP contribution in [0, 0.1) is 11.7 Å². The second-order valence-corrected chi connectivity index (χ2v) is 6.44.